The molecule has 1 fully saturated rings. The highest BCUT2D eigenvalue weighted by Gasteiger charge is 2.43. The highest BCUT2D eigenvalue weighted by atomic mass is 35.5. The zero-order chi connectivity index (χ0) is 20.4. The van der Waals surface area contributed by atoms with Gasteiger partial charge in [0.1, 0.15) is 18.1 Å². The molecule has 0 aliphatic carbocycles. The van der Waals surface area contributed by atoms with Crippen molar-refractivity contribution in [3.8, 4) is 11.5 Å². The fourth-order valence-corrected chi connectivity index (χ4v) is 4.59. The SMILES string of the molecule is Cc1cccc(Cl)c1COc1ccc2c(c1)C1(CCN(CCC(=O)O)CC1)CO2.Cl. The van der Waals surface area contributed by atoms with E-state index in [2.05, 4.69) is 11.0 Å². The predicted molar refractivity (Wildman–Crippen MR) is 119 cm³/mol. The minimum absolute atomic E-state index is 0. The molecule has 2 aromatic rings. The lowest BCUT2D eigenvalue weighted by molar-refractivity contribution is -0.137. The molecule has 4 rings (SSSR count). The summed E-state index contributed by atoms with van der Waals surface area (Å²) in [5.41, 5.74) is 3.33. The zero-order valence-electron chi connectivity index (χ0n) is 17.0. The number of aryl methyl sites for hydroxylation is 1. The minimum atomic E-state index is -0.740. The summed E-state index contributed by atoms with van der Waals surface area (Å²) < 4.78 is 12.1. The first-order chi connectivity index (χ1) is 14.0. The molecule has 0 atom stereocenters. The van der Waals surface area contributed by atoms with Gasteiger partial charge in [-0.25, -0.2) is 0 Å². The maximum absolute atomic E-state index is 10.8. The van der Waals surface area contributed by atoms with Gasteiger partial charge in [-0.05, 0) is 62.7 Å². The lowest BCUT2D eigenvalue weighted by atomic mass is 9.74. The number of likely N-dealkylation sites (tertiary alicyclic amines) is 1. The normalized spacial score (nSPS) is 17.1. The average molecular weight is 452 g/mol. The van der Waals surface area contributed by atoms with Crippen molar-refractivity contribution in [3.63, 3.8) is 0 Å². The summed E-state index contributed by atoms with van der Waals surface area (Å²) in [5, 5.41) is 9.63. The van der Waals surface area contributed by atoms with Gasteiger partial charge in [0.25, 0.3) is 0 Å². The van der Waals surface area contributed by atoms with Crippen LogP contribution in [0.25, 0.3) is 0 Å². The lowest BCUT2D eigenvalue weighted by Gasteiger charge is -2.38. The van der Waals surface area contributed by atoms with Crippen molar-refractivity contribution in [1.29, 1.82) is 0 Å². The second-order valence-corrected chi connectivity index (χ2v) is 8.44. The van der Waals surface area contributed by atoms with Gasteiger partial charge in [-0.1, -0.05) is 23.7 Å². The third-order valence-corrected chi connectivity index (χ3v) is 6.57. The number of carboxylic acid groups (broad SMARTS) is 1. The van der Waals surface area contributed by atoms with Gasteiger partial charge in [0.15, 0.2) is 0 Å². The van der Waals surface area contributed by atoms with Crippen LogP contribution in [0.5, 0.6) is 11.5 Å². The van der Waals surface area contributed by atoms with Crippen molar-refractivity contribution in [2.24, 2.45) is 0 Å². The number of fused-ring (bicyclic) bond motifs is 2. The zero-order valence-corrected chi connectivity index (χ0v) is 18.6. The fraction of sp³-hybridized carbons (Fsp3) is 0.435. The van der Waals surface area contributed by atoms with E-state index in [4.69, 9.17) is 26.2 Å². The summed E-state index contributed by atoms with van der Waals surface area (Å²) in [6, 6.07) is 11.9. The Morgan fingerprint density at radius 2 is 2.03 bits per heavy atom. The second-order valence-electron chi connectivity index (χ2n) is 8.04. The van der Waals surface area contributed by atoms with Gasteiger partial charge in [0.2, 0.25) is 0 Å². The number of aliphatic carboxylic acids is 1. The largest absolute Gasteiger partial charge is 0.492 e. The number of halogens is 2. The van der Waals surface area contributed by atoms with E-state index < -0.39 is 5.97 Å². The number of ether oxygens (including phenoxy) is 2. The highest BCUT2D eigenvalue weighted by molar-refractivity contribution is 6.31. The standard InChI is InChI=1S/C23H26ClNO4.ClH/c1-16-3-2-4-20(24)18(16)14-28-17-5-6-21-19(13-17)23(15-29-21)8-11-25(12-9-23)10-7-22(26)27;/h2-6,13H,7-12,14-15H2,1H3,(H,26,27);1H. The molecule has 1 spiro atoms. The van der Waals surface area contributed by atoms with E-state index in [1.807, 2.05) is 37.3 Å². The van der Waals surface area contributed by atoms with Crippen LogP contribution in [0, 0.1) is 6.92 Å². The van der Waals surface area contributed by atoms with Crippen molar-refractivity contribution in [2.45, 2.75) is 38.2 Å². The Kier molecular flexibility index (Phi) is 7.17. The van der Waals surface area contributed by atoms with Crippen LogP contribution < -0.4 is 9.47 Å². The smallest absolute Gasteiger partial charge is 0.304 e. The van der Waals surface area contributed by atoms with Crippen LogP contribution in [0.3, 0.4) is 0 Å². The molecule has 1 saturated heterocycles. The maximum atomic E-state index is 10.8. The molecule has 7 heteroatoms. The average Bonchev–Trinajstić information content (AvgIpc) is 3.05. The Morgan fingerprint density at radius 3 is 2.73 bits per heavy atom. The Morgan fingerprint density at radius 1 is 1.27 bits per heavy atom. The third-order valence-electron chi connectivity index (χ3n) is 6.22. The second kappa shape index (κ2) is 9.46. The van der Waals surface area contributed by atoms with Crippen LogP contribution in [0.4, 0.5) is 0 Å². The first-order valence-corrected chi connectivity index (χ1v) is 10.4. The third kappa shape index (κ3) is 4.69. The van der Waals surface area contributed by atoms with Crippen LogP contribution >= 0.6 is 24.0 Å². The molecule has 0 radical (unpaired) electrons. The van der Waals surface area contributed by atoms with Crippen LogP contribution in [-0.2, 0) is 16.8 Å². The summed E-state index contributed by atoms with van der Waals surface area (Å²) in [4.78, 5) is 13.1. The molecule has 162 valence electrons. The summed E-state index contributed by atoms with van der Waals surface area (Å²) in [6.45, 7) is 5.54. The van der Waals surface area contributed by atoms with Gasteiger partial charge in [-0.2, -0.15) is 0 Å². The van der Waals surface area contributed by atoms with Crippen molar-refractivity contribution >= 4 is 30.0 Å². The quantitative estimate of drug-likeness (QED) is 0.679. The Hall–Kier alpha value is -1.95. The van der Waals surface area contributed by atoms with E-state index in [0.29, 0.717) is 19.8 Å². The number of rotatable bonds is 6. The van der Waals surface area contributed by atoms with Gasteiger partial charge in [0, 0.05) is 28.1 Å². The molecule has 2 aliphatic rings. The van der Waals surface area contributed by atoms with E-state index in [-0.39, 0.29) is 24.2 Å². The number of nitrogens with zero attached hydrogens (tertiary/aromatic N) is 1. The van der Waals surface area contributed by atoms with Gasteiger partial charge in [-0.3, -0.25) is 4.79 Å². The molecule has 5 nitrogen and oxygen atoms in total. The molecule has 30 heavy (non-hydrogen) atoms. The van der Waals surface area contributed by atoms with E-state index in [0.717, 1.165) is 53.6 Å². The van der Waals surface area contributed by atoms with Crippen LogP contribution in [0.15, 0.2) is 36.4 Å². The number of carbonyl (C=O) groups is 1. The topological polar surface area (TPSA) is 59.0 Å². The molecular formula is C23H27Cl2NO4. The van der Waals surface area contributed by atoms with Crippen molar-refractivity contribution in [1.82, 2.24) is 4.90 Å². The Balaban J connectivity index is 0.00000256. The molecule has 2 aromatic carbocycles. The Bertz CT molecular complexity index is 890. The summed E-state index contributed by atoms with van der Waals surface area (Å²) in [5.74, 6) is 1.02. The predicted octanol–water partition coefficient (Wildman–Crippen LogP) is 4.85. The first kappa shape index (κ1) is 22.7. The first-order valence-electron chi connectivity index (χ1n) is 10.1. The molecular weight excluding hydrogens is 425 g/mol. The van der Waals surface area contributed by atoms with Gasteiger partial charge >= 0.3 is 5.97 Å². The summed E-state index contributed by atoms with van der Waals surface area (Å²) >= 11 is 6.32. The number of benzene rings is 2. The van der Waals surface area contributed by atoms with E-state index in [9.17, 15) is 4.79 Å². The monoisotopic (exact) mass is 451 g/mol. The van der Waals surface area contributed by atoms with Crippen molar-refractivity contribution < 1.29 is 19.4 Å². The summed E-state index contributed by atoms with van der Waals surface area (Å²) in [6.07, 6.45) is 2.12. The number of piperidine rings is 1. The molecule has 1 N–H and O–H groups in total. The highest BCUT2D eigenvalue weighted by Crippen LogP contribution is 2.46. The van der Waals surface area contributed by atoms with Crippen LogP contribution in [-0.4, -0.2) is 42.2 Å². The van der Waals surface area contributed by atoms with Crippen LogP contribution in [0.1, 0.15) is 36.0 Å². The summed E-state index contributed by atoms with van der Waals surface area (Å²) in [7, 11) is 0. The van der Waals surface area contributed by atoms with E-state index in [1.165, 1.54) is 5.56 Å². The van der Waals surface area contributed by atoms with Crippen molar-refractivity contribution in [3.05, 3.63) is 58.1 Å². The van der Waals surface area contributed by atoms with Gasteiger partial charge < -0.3 is 19.5 Å². The van der Waals surface area contributed by atoms with Crippen molar-refractivity contribution in [2.75, 3.05) is 26.2 Å². The molecule has 2 aliphatic heterocycles. The Labute approximate surface area is 188 Å². The van der Waals surface area contributed by atoms with E-state index >= 15 is 0 Å². The maximum Gasteiger partial charge on any atom is 0.304 e. The molecule has 0 bridgehead atoms. The molecule has 0 amide bonds. The molecule has 0 aromatic heterocycles. The molecule has 0 saturated carbocycles. The number of carboxylic acids is 1. The fourth-order valence-electron chi connectivity index (χ4n) is 4.31. The molecule has 0 unspecified atom stereocenters. The lowest BCUT2D eigenvalue weighted by Crippen LogP contribution is -2.44. The molecule has 2 heterocycles. The van der Waals surface area contributed by atoms with E-state index in [1.54, 1.807) is 0 Å². The van der Waals surface area contributed by atoms with Crippen LogP contribution in [0.2, 0.25) is 5.02 Å². The minimum Gasteiger partial charge on any atom is -0.492 e. The number of hydrogen-bond donors (Lipinski definition) is 1. The number of hydrogen-bond acceptors (Lipinski definition) is 4. The van der Waals surface area contributed by atoms with Gasteiger partial charge in [0.05, 0.1) is 13.0 Å². The van der Waals surface area contributed by atoms with Gasteiger partial charge in [-0.15, -0.1) is 12.4 Å².